The molecule has 1 aromatic heterocycles. The lowest BCUT2D eigenvalue weighted by atomic mass is 10.0. The van der Waals surface area contributed by atoms with Gasteiger partial charge in [-0.05, 0) is 31.2 Å². The summed E-state index contributed by atoms with van der Waals surface area (Å²) in [5.74, 6) is 0.802. The number of methoxy groups -OCH3 is 1. The van der Waals surface area contributed by atoms with Crippen LogP contribution in [0.5, 0.6) is 5.75 Å². The molecule has 1 N–H and O–H groups in total. The largest absolute Gasteiger partial charge is 0.494 e. The van der Waals surface area contributed by atoms with Gasteiger partial charge in [0.1, 0.15) is 11.4 Å². The van der Waals surface area contributed by atoms with Crippen LogP contribution < -0.4 is 10.1 Å². The lowest BCUT2D eigenvalue weighted by Gasteiger charge is -2.15. The molecule has 0 aliphatic carbocycles. The average molecular weight is 256 g/mol. The highest BCUT2D eigenvalue weighted by atomic mass is 16.5. The minimum Gasteiger partial charge on any atom is -0.494 e. The van der Waals surface area contributed by atoms with Crippen molar-refractivity contribution in [3.8, 4) is 17.0 Å². The van der Waals surface area contributed by atoms with Gasteiger partial charge in [-0.1, -0.05) is 31.2 Å². The Morgan fingerprint density at radius 1 is 1.21 bits per heavy atom. The van der Waals surface area contributed by atoms with E-state index in [1.165, 1.54) is 5.56 Å². The minimum atomic E-state index is 0.402. The van der Waals surface area contributed by atoms with Crippen molar-refractivity contribution in [3.05, 3.63) is 48.2 Å². The Balaban J connectivity index is 2.32. The summed E-state index contributed by atoms with van der Waals surface area (Å²) in [4.78, 5) is 4.39. The number of pyridine rings is 1. The summed E-state index contributed by atoms with van der Waals surface area (Å²) in [5, 5.41) is 3.31. The zero-order chi connectivity index (χ0) is 13.7. The van der Waals surface area contributed by atoms with Gasteiger partial charge in [-0.3, -0.25) is 4.98 Å². The summed E-state index contributed by atoms with van der Waals surface area (Å²) in [5.41, 5.74) is 3.25. The molecule has 0 fully saturated rings. The van der Waals surface area contributed by atoms with Crippen LogP contribution in [0.15, 0.2) is 42.6 Å². The van der Waals surface area contributed by atoms with Gasteiger partial charge in [0, 0.05) is 17.8 Å². The van der Waals surface area contributed by atoms with Crippen molar-refractivity contribution in [2.75, 3.05) is 14.2 Å². The first-order valence-corrected chi connectivity index (χ1v) is 6.56. The monoisotopic (exact) mass is 256 g/mol. The molecule has 3 heteroatoms. The summed E-state index contributed by atoms with van der Waals surface area (Å²) in [7, 11) is 3.66. The third-order valence-electron chi connectivity index (χ3n) is 3.33. The molecule has 0 spiro atoms. The van der Waals surface area contributed by atoms with E-state index in [1.54, 1.807) is 13.3 Å². The van der Waals surface area contributed by atoms with E-state index in [1.807, 2.05) is 19.2 Å². The second-order valence-corrected chi connectivity index (χ2v) is 4.43. The summed E-state index contributed by atoms with van der Waals surface area (Å²) >= 11 is 0. The van der Waals surface area contributed by atoms with Gasteiger partial charge in [0.05, 0.1) is 7.11 Å². The fraction of sp³-hybridized carbons (Fsp3) is 0.312. The van der Waals surface area contributed by atoms with Crippen molar-refractivity contribution in [3.63, 3.8) is 0 Å². The van der Waals surface area contributed by atoms with Crippen molar-refractivity contribution >= 4 is 0 Å². The van der Waals surface area contributed by atoms with Gasteiger partial charge in [-0.25, -0.2) is 0 Å². The summed E-state index contributed by atoms with van der Waals surface area (Å²) < 4.78 is 5.34. The zero-order valence-electron chi connectivity index (χ0n) is 11.7. The van der Waals surface area contributed by atoms with Crippen molar-refractivity contribution in [2.24, 2.45) is 0 Å². The number of hydrogen-bond acceptors (Lipinski definition) is 3. The Morgan fingerprint density at radius 3 is 2.53 bits per heavy atom. The number of aromatic nitrogens is 1. The van der Waals surface area contributed by atoms with Crippen LogP contribution in [0.4, 0.5) is 0 Å². The maximum Gasteiger partial charge on any atom is 0.145 e. The number of nitrogens with one attached hydrogen (secondary N) is 1. The number of hydrogen-bond donors (Lipinski definition) is 1. The lowest BCUT2D eigenvalue weighted by Crippen LogP contribution is -2.14. The third-order valence-corrected chi connectivity index (χ3v) is 3.33. The first-order valence-electron chi connectivity index (χ1n) is 6.56. The molecule has 0 aliphatic heterocycles. The quantitative estimate of drug-likeness (QED) is 0.890. The van der Waals surface area contributed by atoms with Crippen molar-refractivity contribution in [1.29, 1.82) is 0 Å². The molecule has 0 amide bonds. The number of rotatable bonds is 5. The number of nitrogens with zero attached hydrogens (tertiary/aromatic N) is 1. The third kappa shape index (κ3) is 2.93. The molecule has 3 nitrogen and oxygen atoms in total. The molecule has 2 aromatic rings. The standard InChI is InChI=1S/C16H20N2O/c1-4-14(17-2)12-7-9-13(10-8-12)16-15(19-3)6-5-11-18-16/h5-11,14,17H,4H2,1-3H3. The summed E-state index contributed by atoms with van der Waals surface area (Å²) in [6.45, 7) is 2.18. The molecule has 1 atom stereocenters. The molecule has 0 bridgehead atoms. The molecular formula is C16H20N2O. The zero-order valence-corrected chi connectivity index (χ0v) is 11.7. The van der Waals surface area contributed by atoms with E-state index in [0.717, 1.165) is 23.4 Å². The van der Waals surface area contributed by atoms with Crippen LogP contribution in [0.1, 0.15) is 24.9 Å². The van der Waals surface area contributed by atoms with E-state index in [0.29, 0.717) is 6.04 Å². The molecule has 19 heavy (non-hydrogen) atoms. The molecule has 0 aliphatic rings. The van der Waals surface area contributed by atoms with E-state index in [4.69, 9.17) is 4.74 Å². The van der Waals surface area contributed by atoms with Crippen LogP contribution in [-0.4, -0.2) is 19.1 Å². The van der Waals surface area contributed by atoms with Gasteiger partial charge < -0.3 is 10.1 Å². The minimum absolute atomic E-state index is 0.402. The maximum absolute atomic E-state index is 5.34. The second-order valence-electron chi connectivity index (χ2n) is 4.43. The van der Waals surface area contributed by atoms with E-state index in [-0.39, 0.29) is 0 Å². The lowest BCUT2D eigenvalue weighted by molar-refractivity contribution is 0.415. The van der Waals surface area contributed by atoms with Gasteiger partial charge in [-0.2, -0.15) is 0 Å². The summed E-state index contributed by atoms with van der Waals surface area (Å²) in [6, 6.07) is 12.7. The molecule has 1 heterocycles. The van der Waals surface area contributed by atoms with Gasteiger partial charge in [0.15, 0.2) is 0 Å². The van der Waals surface area contributed by atoms with Crippen molar-refractivity contribution in [1.82, 2.24) is 10.3 Å². The molecule has 0 radical (unpaired) electrons. The van der Waals surface area contributed by atoms with E-state index < -0.39 is 0 Å². The molecular weight excluding hydrogens is 236 g/mol. The van der Waals surface area contributed by atoms with Gasteiger partial charge >= 0.3 is 0 Å². The fourth-order valence-electron chi connectivity index (χ4n) is 2.25. The predicted octanol–water partition coefficient (Wildman–Crippen LogP) is 3.43. The van der Waals surface area contributed by atoms with Crippen LogP contribution in [0.25, 0.3) is 11.3 Å². The van der Waals surface area contributed by atoms with Crippen LogP contribution >= 0.6 is 0 Å². The van der Waals surface area contributed by atoms with Crippen LogP contribution in [0, 0.1) is 0 Å². The molecule has 2 rings (SSSR count). The Labute approximate surface area is 114 Å². The number of ether oxygens (including phenoxy) is 1. The molecule has 100 valence electrons. The Morgan fingerprint density at radius 2 is 1.95 bits per heavy atom. The molecule has 1 unspecified atom stereocenters. The second kappa shape index (κ2) is 6.34. The number of benzene rings is 1. The van der Waals surface area contributed by atoms with E-state index in [9.17, 15) is 0 Å². The highest BCUT2D eigenvalue weighted by Crippen LogP contribution is 2.28. The van der Waals surface area contributed by atoms with E-state index in [2.05, 4.69) is 41.5 Å². The van der Waals surface area contributed by atoms with Crippen molar-refractivity contribution in [2.45, 2.75) is 19.4 Å². The van der Waals surface area contributed by atoms with E-state index >= 15 is 0 Å². The van der Waals surface area contributed by atoms with Crippen LogP contribution in [-0.2, 0) is 0 Å². The highest BCUT2D eigenvalue weighted by molar-refractivity contribution is 5.66. The topological polar surface area (TPSA) is 34.2 Å². The normalized spacial score (nSPS) is 12.2. The molecule has 0 saturated carbocycles. The predicted molar refractivity (Wildman–Crippen MR) is 78.3 cm³/mol. The first kappa shape index (κ1) is 13.6. The Hall–Kier alpha value is -1.87. The fourth-order valence-corrected chi connectivity index (χ4v) is 2.25. The molecule has 0 saturated heterocycles. The van der Waals surface area contributed by atoms with Gasteiger partial charge in [0.2, 0.25) is 0 Å². The Bertz CT molecular complexity index is 519. The van der Waals surface area contributed by atoms with Crippen molar-refractivity contribution < 1.29 is 4.74 Å². The Kier molecular flexibility index (Phi) is 4.53. The SMILES string of the molecule is CCC(NC)c1ccc(-c2ncccc2OC)cc1. The first-order chi connectivity index (χ1) is 9.30. The van der Waals surface area contributed by atoms with Gasteiger partial charge in [-0.15, -0.1) is 0 Å². The average Bonchev–Trinajstić information content (AvgIpc) is 2.49. The maximum atomic E-state index is 5.34. The highest BCUT2D eigenvalue weighted by Gasteiger charge is 2.09. The smallest absolute Gasteiger partial charge is 0.145 e. The molecule has 1 aromatic carbocycles. The van der Waals surface area contributed by atoms with Crippen LogP contribution in [0.2, 0.25) is 0 Å². The summed E-state index contributed by atoms with van der Waals surface area (Å²) in [6.07, 6.45) is 2.86. The van der Waals surface area contributed by atoms with Gasteiger partial charge in [0.25, 0.3) is 0 Å². The van der Waals surface area contributed by atoms with Crippen LogP contribution in [0.3, 0.4) is 0 Å².